The van der Waals surface area contributed by atoms with Gasteiger partial charge in [-0.3, -0.25) is 9.78 Å². The van der Waals surface area contributed by atoms with Crippen molar-refractivity contribution in [3.63, 3.8) is 0 Å². The molecule has 2 aromatic heterocycles. The number of benzene rings is 1. The highest BCUT2D eigenvalue weighted by atomic mass is 16.5. The molecule has 0 aliphatic rings. The summed E-state index contributed by atoms with van der Waals surface area (Å²) in [7, 11) is 0. The first kappa shape index (κ1) is 14.7. The van der Waals surface area contributed by atoms with Crippen molar-refractivity contribution in [2.45, 2.75) is 6.92 Å². The van der Waals surface area contributed by atoms with E-state index >= 15 is 0 Å². The first-order valence-corrected chi connectivity index (χ1v) is 7.13. The van der Waals surface area contributed by atoms with Crippen LogP contribution < -0.4 is 10.1 Å². The lowest BCUT2D eigenvalue weighted by atomic mass is 10.2. The summed E-state index contributed by atoms with van der Waals surface area (Å²) in [5.41, 5.74) is 2.27. The van der Waals surface area contributed by atoms with E-state index in [0.717, 1.165) is 5.56 Å². The summed E-state index contributed by atoms with van der Waals surface area (Å²) in [6, 6.07) is 14.3. The molecule has 0 aliphatic carbocycles. The van der Waals surface area contributed by atoms with Gasteiger partial charge in [-0.25, -0.2) is 4.98 Å². The Hall–Kier alpha value is -3.21. The summed E-state index contributed by atoms with van der Waals surface area (Å²) in [4.78, 5) is 20.1. The van der Waals surface area contributed by atoms with Crippen molar-refractivity contribution < 1.29 is 9.53 Å². The number of nitrogens with zero attached hydrogens (tertiary/aromatic N) is 2. The highest BCUT2D eigenvalue weighted by Gasteiger charge is 2.06. The lowest BCUT2D eigenvalue weighted by Gasteiger charge is -2.07. The van der Waals surface area contributed by atoms with Gasteiger partial charge >= 0.3 is 0 Å². The van der Waals surface area contributed by atoms with E-state index in [1.807, 2.05) is 19.1 Å². The molecular formula is C18H15N3O2. The van der Waals surface area contributed by atoms with Gasteiger partial charge in [-0.15, -0.1) is 0 Å². The number of aromatic nitrogens is 2. The molecule has 0 saturated carbocycles. The third-order valence-corrected chi connectivity index (χ3v) is 3.14. The fourth-order valence-electron chi connectivity index (χ4n) is 1.94. The maximum atomic E-state index is 12.0. The molecule has 5 nitrogen and oxygen atoms in total. The Bertz CT molecular complexity index is 785. The van der Waals surface area contributed by atoms with Crippen LogP contribution in [0.25, 0.3) is 0 Å². The highest BCUT2D eigenvalue weighted by Crippen LogP contribution is 2.21. The van der Waals surface area contributed by atoms with Crippen LogP contribution in [0.2, 0.25) is 0 Å². The number of carbonyl (C=O) groups excluding carboxylic acids is 1. The second-order valence-electron chi connectivity index (χ2n) is 5.00. The van der Waals surface area contributed by atoms with Gasteiger partial charge in [-0.1, -0.05) is 6.07 Å². The van der Waals surface area contributed by atoms with Gasteiger partial charge in [0.2, 0.25) is 5.88 Å². The van der Waals surface area contributed by atoms with E-state index in [0.29, 0.717) is 22.9 Å². The molecule has 0 saturated heterocycles. The van der Waals surface area contributed by atoms with Crippen molar-refractivity contribution in [3.8, 4) is 11.6 Å². The van der Waals surface area contributed by atoms with Gasteiger partial charge < -0.3 is 10.1 Å². The second kappa shape index (κ2) is 6.70. The number of ether oxygens (including phenoxy) is 1. The number of hydrogen-bond donors (Lipinski definition) is 1. The van der Waals surface area contributed by atoms with Gasteiger partial charge in [-0.2, -0.15) is 0 Å². The van der Waals surface area contributed by atoms with E-state index < -0.39 is 0 Å². The van der Waals surface area contributed by atoms with Crippen LogP contribution in [0.5, 0.6) is 11.6 Å². The Morgan fingerprint density at radius 1 is 1.04 bits per heavy atom. The molecule has 23 heavy (non-hydrogen) atoms. The van der Waals surface area contributed by atoms with Gasteiger partial charge in [-0.05, 0) is 48.9 Å². The molecule has 0 bridgehead atoms. The van der Waals surface area contributed by atoms with Gasteiger partial charge in [0, 0.05) is 30.3 Å². The minimum Gasteiger partial charge on any atom is -0.439 e. The topological polar surface area (TPSA) is 64.1 Å². The molecule has 0 unspecified atom stereocenters. The molecule has 3 aromatic rings. The smallest absolute Gasteiger partial charge is 0.257 e. The van der Waals surface area contributed by atoms with Gasteiger partial charge in [0.1, 0.15) is 5.75 Å². The lowest BCUT2D eigenvalue weighted by molar-refractivity contribution is 0.102. The third kappa shape index (κ3) is 3.91. The largest absolute Gasteiger partial charge is 0.439 e. The molecule has 0 atom stereocenters. The minimum atomic E-state index is -0.202. The summed E-state index contributed by atoms with van der Waals surface area (Å²) in [6.45, 7) is 1.97. The van der Waals surface area contributed by atoms with Crippen molar-refractivity contribution in [2.75, 3.05) is 5.32 Å². The van der Waals surface area contributed by atoms with Crippen LogP contribution in [-0.4, -0.2) is 15.9 Å². The van der Waals surface area contributed by atoms with Crippen LogP contribution >= 0.6 is 0 Å². The molecule has 1 aromatic carbocycles. The van der Waals surface area contributed by atoms with E-state index in [2.05, 4.69) is 15.3 Å². The Labute approximate surface area is 134 Å². The number of pyridine rings is 2. The molecule has 1 amide bonds. The van der Waals surface area contributed by atoms with Crippen molar-refractivity contribution in [1.82, 2.24) is 9.97 Å². The number of nitrogens with one attached hydrogen (secondary N) is 1. The lowest BCUT2D eigenvalue weighted by Crippen LogP contribution is -2.11. The maximum absolute atomic E-state index is 12.0. The van der Waals surface area contributed by atoms with Gasteiger partial charge in [0.25, 0.3) is 5.91 Å². The molecular weight excluding hydrogens is 290 g/mol. The summed E-state index contributed by atoms with van der Waals surface area (Å²) >= 11 is 0. The Balaban J connectivity index is 1.65. The standard InChI is InChI=1S/C18H15N3O2/c1-13-4-9-17(20-11-13)23-16-7-5-15(6-8-16)21-18(22)14-3-2-10-19-12-14/h2-12H,1H3,(H,21,22). The van der Waals surface area contributed by atoms with Crippen molar-refractivity contribution >= 4 is 11.6 Å². The maximum Gasteiger partial charge on any atom is 0.257 e. The quantitative estimate of drug-likeness (QED) is 0.795. The first-order valence-electron chi connectivity index (χ1n) is 7.13. The summed E-state index contributed by atoms with van der Waals surface area (Å²) < 4.78 is 5.64. The number of hydrogen-bond acceptors (Lipinski definition) is 4. The van der Waals surface area contributed by atoms with E-state index in [9.17, 15) is 4.79 Å². The molecule has 3 rings (SSSR count). The predicted molar refractivity (Wildman–Crippen MR) is 87.7 cm³/mol. The van der Waals surface area contributed by atoms with E-state index in [1.165, 1.54) is 6.20 Å². The molecule has 0 spiro atoms. The number of aryl methyl sites for hydroxylation is 1. The van der Waals surface area contributed by atoms with Crippen LogP contribution in [0.15, 0.2) is 67.1 Å². The fraction of sp³-hybridized carbons (Fsp3) is 0.0556. The number of anilines is 1. The van der Waals surface area contributed by atoms with Crippen molar-refractivity contribution in [1.29, 1.82) is 0 Å². The molecule has 0 radical (unpaired) electrons. The zero-order valence-corrected chi connectivity index (χ0v) is 12.6. The van der Waals surface area contributed by atoms with Gasteiger partial charge in [0.05, 0.1) is 5.56 Å². The SMILES string of the molecule is Cc1ccc(Oc2ccc(NC(=O)c3cccnc3)cc2)nc1. The Kier molecular flexibility index (Phi) is 4.29. The molecule has 2 heterocycles. The van der Waals surface area contributed by atoms with Crippen molar-refractivity contribution in [3.05, 3.63) is 78.2 Å². The summed E-state index contributed by atoms with van der Waals surface area (Å²) in [6.07, 6.45) is 4.90. The van der Waals surface area contributed by atoms with Crippen LogP contribution in [0, 0.1) is 6.92 Å². The van der Waals surface area contributed by atoms with Crippen LogP contribution in [0.4, 0.5) is 5.69 Å². The Morgan fingerprint density at radius 3 is 2.52 bits per heavy atom. The number of amides is 1. The zero-order chi connectivity index (χ0) is 16.1. The number of carbonyl (C=O) groups is 1. The Morgan fingerprint density at radius 2 is 1.87 bits per heavy atom. The molecule has 1 N–H and O–H groups in total. The van der Waals surface area contributed by atoms with E-state index in [1.54, 1.807) is 48.8 Å². The monoisotopic (exact) mass is 305 g/mol. The average molecular weight is 305 g/mol. The average Bonchev–Trinajstić information content (AvgIpc) is 2.59. The van der Waals surface area contributed by atoms with Crippen LogP contribution in [0.1, 0.15) is 15.9 Å². The molecule has 114 valence electrons. The highest BCUT2D eigenvalue weighted by molar-refractivity contribution is 6.04. The molecule has 0 aliphatic heterocycles. The summed E-state index contributed by atoms with van der Waals surface area (Å²) in [5, 5.41) is 2.81. The fourth-order valence-corrected chi connectivity index (χ4v) is 1.94. The van der Waals surface area contributed by atoms with Gasteiger partial charge in [0.15, 0.2) is 0 Å². The van der Waals surface area contributed by atoms with Crippen LogP contribution in [-0.2, 0) is 0 Å². The second-order valence-corrected chi connectivity index (χ2v) is 5.00. The normalized spacial score (nSPS) is 10.1. The summed E-state index contributed by atoms with van der Waals surface area (Å²) in [5.74, 6) is 0.982. The zero-order valence-electron chi connectivity index (χ0n) is 12.6. The number of rotatable bonds is 4. The molecule has 0 fully saturated rings. The van der Waals surface area contributed by atoms with Crippen molar-refractivity contribution in [2.24, 2.45) is 0 Å². The van der Waals surface area contributed by atoms with E-state index in [-0.39, 0.29) is 5.91 Å². The minimum absolute atomic E-state index is 0.202. The molecule has 5 heteroatoms. The predicted octanol–water partition coefficient (Wildman–Crippen LogP) is 3.83. The van der Waals surface area contributed by atoms with E-state index in [4.69, 9.17) is 4.74 Å². The third-order valence-electron chi connectivity index (χ3n) is 3.14. The van der Waals surface area contributed by atoms with Crippen LogP contribution in [0.3, 0.4) is 0 Å². The first-order chi connectivity index (χ1) is 11.2.